The molecule has 0 bridgehead atoms. The predicted molar refractivity (Wildman–Crippen MR) is 180 cm³/mol. The average molecular weight is 686 g/mol. The van der Waals surface area contributed by atoms with Crippen LogP contribution in [0.3, 0.4) is 0 Å². The lowest BCUT2D eigenvalue weighted by Gasteiger charge is -2.31. The maximum Gasteiger partial charge on any atom is 0.407 e. The summed E-state index contributed by atoms with van der Waals surface area (Å²) >= 11 is 6.42. The van der Waals surface area contributed by atoms with Crippen LogP contribution in [0.25, 0.3) is 33.6 Å². The summed E-state index contributed by atoms with van der Waals surface area (Å²) in [5.41, 5.74) is 7.27. The van der Waals surface area contributed by atoms with Crippen molar-refractivity contribution >= 4 is 23.5 Å². The highest BCUT2D eigenvalue weighted by atomic mass is 35.5. The largest absolute Gasteiger partial charge is 0.453 e. The van der Waals surface area contributed by atoms with E-state index in [9.17, 15) is 18.4 Å². The number of carbonyl (C=O) groups excluding carboxylic acids is 2. The predicted octanol–water partition coefficient (Wildman–Crippen LogP) is 6.77. The molecule has 49 heavy (non-hydrogen) atoms. The van der Waals surface area contributed by atoms with Crippen molar-refractivity contribution in [1.29, 1.82) is 0 Å². The van der Waals surface area contributed by atoms with Gasteiger partial charge in [0, 0.05) is 48.8 Å². The second-order valence-electron chi connectivity index (χ2n) is 13.1. The molecule has 4 N–H and O–H groups in total. The summed E-state index contributed by atoms with van der Waals surface area (Å²) in [6.07, 6.45) is 4.78. The number of aryl methyl sites for hydroxylation is 1. The zero-order chi connectivity index (χ0) is 33.9. The van der Waals surface area contributed by atoms with Gasteiger partial charge in [-0.3, -0.25) is 4.79 Å². The van der Waals surface area contributed by atoms with Crippen LogP contribution in [0.5, 0.6) is 0 Å². The Kier molecular flexibility index (Phi) is 7.87. The molecule has 10 nitrogen and oxygen atoms in total. The van der Waals surface area contributed by atoms with Gasteiger partial charge in [-0.2, -0.15) is 0 Å². The second-order valence-corrected chi connectivity index (χ2v) is 13.5. The molecule has 0 spiro atoms. The quantitative estimate of drug-likeness (QED) is 0.156. The molecule has 1 unspecified atom stereocenters. The number of halogens is 3. The maximum absolute atomic E-state index is 13.7. The van der Waals surface area contributed by atoms with E-state index in [0.717, 1.165) is 51.5 Å². The highest BCUT2D eigenvalue weighted by molar-refractivity contribution is 6.31. The molecule has 3 aliphatic rings. The summed E-state index contributed by atoms with van der Waals surface area (Å²) in [7, 11) is 1.33. The fraction of sp³-hybridized carbons (Fsp3) is 0.333. The van der Waals surface area contributed by atoms with Crippen LogP contribution in [0, 0.1) is 0 Å². The number of hydrogen-bond acceptors (Lipinski definition) is 6. The van der Waals surface area contributed by atoms with Gasteiger partial charge in [0.1, 0.15) is 28.3 Å². The summed E-state index contributed by atoms with van der Waals surface area (Å²) in [4.78, 5) is 41.4. The monoisotopic (exact) mass is 685 g/mol. The number of ketones is 1. The Balaban J connectivity index is 0.968. The van der Waals surface area contributed by atoms with E-state index < -0.39 is 24.0 Å². The molecular weight excluding hydrogens is 652 g/mol. The van der Waals surface area contributed by atoms with E-state index in [0.29, 0.717) is 36.1 Å². The van der Waals surface area contributed by atoms with Crippen molar-refractivity contribution in [3.05, 3.63) is 95.1 Å². The van der Waals surface area contributed by atoms with Crippen LogP contribution < -0.4 is 10.6 Å². The van der Waals surface area contributed by atoms with E-state index in [1.807, 2.05) is 54.7 Å². The number of carbonyl (C=O) groups is 2. The minimum Gasteiger partial charge on any atom is -0.453 e. The minimum absolute atomic E-state index is 0.0867. The number of benzene rings is 2. The molecule has 1 saturated heterocycles. The molecule has 5 heterocycles. The number of imidazole rings is 2. The first-order valence-corrected chi connectivity index (χ1v) is 16.7. The molecule has 0 radical (unpaired) electrons. The molecule has 2 aliphatic heterocycles. The van der Waals surface area contributed by atoms with Crippen LogP contribution in [0.1, 0.15) is 60.0 Å². The third kappa shape index (κ3) is 5.93. The number of nitrogens with zero attached hydrogens (tertiary/aromatic N) is 3. The zero-order valence-corrected chi connectivity index (χ0v) is 27.4. The Morgan fingerprint density at radius 1 is 1.02 bits per heavy atom. The SMILES string of the molecule is COC(=O)N[C@H]1CCc2ccn3c2C1C(=O)C[C@H](c1ncc(-c2ccc(-c4ccc(-c5nc([C@@H]6CC(F)(F)CN6)[nH]c5Cl)cc4)cc2)[nH]1)C3. The molecule has 2 aromatic carbocycles. The summed E-state index contributed by atoms with van der Waals surface area (Å²) in [6, 6.07) is 17.1. The Bertz CT molecular complexity index is 2040. The summed E-state index contributed by atoms with van der Waals surface area (Å²) in [6.45, 7) is 0.236. The Labute approximate surface area is 285 Å². The minimum atomic E-state index is -2.76. The first-order chi connectivity index (χ1) is 23.7. The number of alkyl halides is 2. The number of methoxy groups -OCH3 is 1. The highest BCUT2D eigenvalue weighted by Gasteiger charge is 2.42. The highest BCUT2D eigenvalue weighted by Crippen LogP contribution is 2.40. The molecule has 252 valence electrons. The summed E-state index contributed by atoms with van der Waals surface area (Å²) in [5.74, 6) is -2.08. The van der Waals surface area contributed by atoms with Gasteiger partial charge >= 0.3 is 6.09 Å². The number of alkyl carbamates (subject to hydrolysis) is 1. The number of rotatable bonds is 6. The molecule has 8 rings (SSSR count). The number of ether oxygens (including phenoxy) is 1. The summed E-state index contributed by atoms with van der Waals surface area (Å²) < 4.78 is 34.4. The van der Waals surface area contributed by atoms with E-state index >= 15 is 0 Å². The van der Waals surface area contributed by atoms with Crippen LogP contribution in [-0.2, 0) is 22.5 Å². The lowest BCUT2D eigenvalue weighted by Crippen LogP contribution is -2.44. The van der Waals surface area contributed by atoms with E-state index in [2.05, 4.69) is 36.2 Å². The molecule has 0 saturated carbocycles. The van der Waals surface area contributed by atoms with E-state index in [4.69, 9.17) is 21.3 Å². The lowest BCUT2D eigenvalue weighted by atomic mass is 9.79. The molecule has 3 aromatic heterocycles. The smallest absolute Gasteiger partial charge is 0.407 e. The van der Waals surface area contributed by atoms with E-state index in [-0.39, 0.29) is 30.7 Å². The van der Waals surface area contributed by atoms with Gasteiger partial charge in [0.05, 0.1) is 37.5 Å². The zero-order valence-electron chi connectivity index (χ0n) is 26.6. The van der Waals surface area contributed by atoms with Gasteiger partial charge in [-0.05, 0) is 41.2 Å². The molecule has 13 heteroatoms. The maximum atomic E-state index is 13.7. The first kappa shape index (κ1) is 31.5. The van der Waals surface area contributed by atoms with Gasteiger partial charge in [-0.15, -0.1) is 0 Å². The van der Waals surface area contributed by atoms with Crippen LogP contribution >= 0.6 is 11.6 Å². The fourth-order valence-corrected chi connectivity index (χ4v) is 7.78. The second kappa shape index (κ2) is 12.3. The third-order valence-electron chi connectivity index (χ3n) is 10.0. The molecule has 5 aromatic rings. The molecular formula is C36H34ClF2N7O3. The van der Waals surface area contributed by atoms with Crippen molar-refractivity contribution in [2.24, 2.45) is 0 Å². The van der Waals surface area contributed by atoms with Gasteiger partial charge in [0.2, 0.25) is 0 Å². The van der Waals surface area contributed by atoms with Gasteiger partial charge < -0.3 is 29.9 Å². The topological polar surface area (TPSA) is 130 Å². The summed E-state index contributed by atoms with van der Waals surface area (Å²) in [5, 5.41) is 6.01. The van der Waals surface area contributed by atoms with E-state index in [1.165, 1.54) is 7.11 Å². The van der Waals surface area contributed by atoms with Gasteiger partial charge in [0.25, 0.3) is 5.92 Å². The molecule has 1 amide bonds. The third-order valence-corrected chi connectivity index (χ3v) is 10.3. The Morgan fingerprint density at radius 3 is 2.43 bits per heavy atom. The molecule has 1 fully saturated rings. The average Bonchev–Trinajstić information content (AvgIpc) is 3.89. The first-order valence-electron chi connectivity index (χ1n) is 16.3. The van der Waals surface area contributed by atoms with Crippen LogP contribution in [0.4, 0.5) is 13.6 Å². The van der Waals surface area contributed by atoms with Crippen molar-refractivity contribution in [3.63, 3.8) is 0 Å². The van der Waals surface area contributed by atoms with Crippen molar-refractivity contribution in [2.45, 2.75) is 62.1 Å². The van der Waals surface area contributed by atoms with Gasteiger partial charge in [0.15, 0.2) is 0 Å². The van der Waals surface area contributed by atoms with Gasteiger partial charge in [-0.25, -0.2) is 23.5 Å². The molecule has 4 atom stereocenters. The van der Waals surface area contributed by atoms with Crippen LogP contribution in [-0.4, -0.2) is 62.0 Å². The number of aromatic amines is 2. The number of amides is 1. The van der Waals surface area contributed by atoms with Crippen molar-refractivity contribution in [3.8, 4) is 33.6 Å². The van der Waals surface area contributed by atoms with Crippen LogP contribution in [0.15, 0.2) is 67.0 Å². The van der Waals surface area contributed by atoms with Crippen LogP contribution in [0.2, 0.25) is 5.15 Å². The van der Waals surface area contributed by atoms with Crippen molar-refractivity contribution < 1.29 is 23.1 Å². The van der Waals surface area contributed by atoms with Crippen molar-refractivity contribution in [1.82, 2.24) is 35.1 Å². The Hall–Kier alpha value is -4.81. The van der Waals surface area contributed by atoms with E-state index in [1.54, 1.807) is 6.20 Å². The van der Waals surface area contributed by atoms with Crippen molar-refractivity contribution in [2.75, 3.05) is 13.7 Å². The number of Topliss-reactive ketones (excluding diaryl/α,β-unsaturated/α-hetero) is 1. The fourth-order valence-electron chi connectivity index (χ4n) is 7.53. The number of nitrogens with one attached hydrogen (secondary N) is 4. The standard InChI is InChI=1S/C36H34ClF2N7O3/c1-49-35(48)43-25-11-10-23-12-13-46-17-24(14-28(47)29(25)31(23)46)33-40-16-27(42-33)21-6-2-19(3-7-21)20-4-8-22(9-5-20)30-32(37)45-34(44-30)26-15-36(38,39)18-41-26/h2-9,12-13,16,24-26,29,41H,10-11,14-15,17-18H2,1H3,(H,40,42)(H,43,48)(H,44,45)/t24-,25-,26-,29?/m0/s1. The lowest BCUT2D eigenvalue weighted by molar-refractivity contribution is -0.121. The normalized spacial score (nSPS) is 22.8. The Morgan fingerprint density at radius 2 is 1.73 bits per heavy atom. The van der Waals surface area contributed by atoms with Gasteiger partial charge in [-0.1, -0.05) is 60.1 Å². The number of hydrogen-bond donors (Lipinski definition) is 4. The molecule has 1 aliphatic carbocycles. The number of aromatic nitrogens is 5. The number of H-pyrrole nitrogens is 2.